The van der Waals surface area contributed by atoms with Gasteiger partial charge in [0.25, 0.3) is 0 Å². The summed E-state index contributed by atoms with van der Waals surface area (Å²) < 4.78 is 0.896. The highest BCUT2D eigenvalue weighted by molar-refractivity contribution is 7.22. The molecule has 0 saturated carbocycles. The summed E-state index contributed by atoms with van der Waals surface area (Å²) in [7, 11) is 0. The number of amides is 2. The van der Waals surface area contributed by atoms with E-state index in [1.54, 1.807) is 31.0 Å². The molecule has 0 unspecified atom stereocenters. The Morgan fingerprint density at radius 1 is 1.11 bits per heavy atom. The van der Waals surface area contributed by atoms with Crippen molar-refractivity contribution in [2.75, 3.05) is 17.6 Å². The lowest BCUT2D eigenvalue weighted by Gasteiger charge is -2.06. The largest absolute Gasteiger partial charge is 0.368 e. The molecule has 3 heterocycles. The van der Waals surface area contributed by atoms with E-state index in [4.69, 9.17) is 5.73 Å². The highest BCUT2D eigenvalue weighted by Crippen LogP contribution is 2.37. The van der Waals surface area contributed by atoms with Gasteiger partial charge < -0.3 is 11.1 Å². The van der Waals surface area contributed by atoms with Crippen molar-refractivity contribution in [1.29, 1.82) is 0 Å². The van der Waals surface area contributed by atoms with E-state index in [-0.39, 0.29) is 12.0 Å². The van der Waals surface area contributed by atoms with Crippen molar-refractivity contribution in [2.45, 2.75) is 6.92 Å². The van der Waals surface area contributed by atoms with Gasteiger partial charge in [-0.25, -0.2) is 19.7 Å². The minimum Gasteiger partial charge on any atom is -0.368 e. The molecule has 28 heavy (non-hydrogen) atoms. The van der Waals surface area contributed by atoms with Gasteiger partial charge in [-0.05, 0) is 24.6 Å². The van der Waals surface area contributed by atoms with Gasteiger partial charge in [0.15, 0.2) is 5.13 Å². The molecular weight excluding hydrogens is 376 g/mol. The molecule has 0 fully saturated rings. The molecule has 140 valence electrons. The number of nitrogens with zero attached hydrogens (tertiary/aromatic N) is 5. The van der Waals surface area contributed by atoms with Crippen LogP contribution in [0.1, 0.15) is 6.92 Å². The Bertz CT molecular complexity index is 1130. The summed E-state index contributed by atoms with van der Waals surface area (Å²) in [5, 5.41) is 5.95. The van der Waals surface area contributed by atoms with Crippen LogP contribution < -0.4 is 16.4 Å². The summed E-state index contributed by atoms with van der Waals surface area (Å²) >= 11 is 1.38. The molecule has 1 aromatic carbocycles. The Morgan fingerprint density at radius 3 is 2.64 bits per heavy atom. The third-order valence-electron chi connectivity index (χ3n) is 3.89. The maximum absolute atomic E-state index is 11.9. The molecule has 0 atom stereocenters. The number of thiazole rings is 1. The molecule has 9 nitrogen and oxygen atoms in total. The van der Waals surface area contributed by atoms with E-state index < -0.39 is 0 Å². The molecule has 4 N–H and O–H groups in total. The van der Waals surface area contributed by atoms with Crippen LogP contribution in [0.2, 0.25) is 0 Å². The predicted octanol–water partition coefficient (Wildman–Crippen LogP) is 2.93. The average Bonchev–Trinajstić information content (AvgIpc) is 3.10. The smallest absolute Gasteiger partial charge is 0.321 e. The van der Waals surface area contributed by atoms with E-state index in [0.717, 1.165) is 26.9 Å². The van der Waals surface area contributed by atoms with Crippen molar-refractivity contribution in [3.8, 4) is 22.4 Å². The van der Waals surface area contributed by atoms with E-state index in [2.05, 4.69) is 35.6 Å². The number of nitrogens with one attached hydrogen (secondary N) is 2. The van der Waals surface area contributed by atoms with Gasteiger partial charge >= 0.3 is 6.03 Å². The standard InChI is InChI=1S/C18H16N8OS/c1-2-21-17(27)26-18-25-13-6-10(11-7-23-16(19)24-8-11)5-12(15(13)28-18)14-9-20-3-4-22-14/h3-9H,2H2,1H3,(H2,19,23,24)(H2,21,25,26,27). The first kappa shape index (κ1) is 17.7. The molecule has 4 rings (SSSR count). The fourth-order valence-corrected chi connectivity index (χ4v) is 3.63. The number of anilines is 2. The predicted molar refractivity (Wildman–Crippen MR) is 109 cm³/mol. The second kappa shape index (κ2) is 7.53. The van der Waals surface area contributed by atoms with Gasteiger partial charge in [-0.3, -0.25) is 15.3 Å². The topological polar surface area (TPSA) is 132 Å². The fourth-order valence-electron chi connectivity index (χ4n) is 2.67. The average molecular weight is 392 g/mol. The molecule has 0 bridgehead atoms. The SMILES string of the molecule is CCNC(=O)Nc1nc2cc(-c3cnc(N)nc3)cc(-c3cnccn3)c2s1. The highest BCUT2D eigenvalue weighted by atomic mass is 32.1. The summed E-state index contributed by atoms with van der Waals surface area (Å²) in [6.07, 6.45) is 8.26. The summed E-state index contributed by atoms with van der Waals surface area (Å²) in [4.78, 5) is 33.1. The van der Waals surface area contributed by atoms with Gasteiger partial charge in [0, 0.05) is 42.5 Å². The minimum absolute atomic E-state index is 0.209. The normalized spacial score (nSPS) is 10.8. The van der Waals surface area contributed by atoms with Crippen molar-refractivity contribution in [1.82, 2.24) is 30.2 Å². The lowest BCUT2D eigenvalue weighted by atomic mass is 10.0. The number of urea groups is 1. The zero-order chi connectivity index (χ0) is 19.5. The molecular formula is C18H16N8OS. The van der Waals surface area contributed by atoms with Gasteiger partial charge in [0.05, 0.1) is 22.1 Å². The van der Waals surface area contributed by atoms with Crippen LogP contribution in [0, 0.1) is 0 Å². The Kier molecular flexibility index (Phi) is 4.77. The Morgan fingerprint density at radius 2 is 1.93 bits per heavy atom. The van der Waals surface area contributed by atoms with E-state index >= 15 is 0 Å². The van der Waals surface area contributed by atoms with E-state index in [1.165, 1.54) is 11.3 Å². The zero-order valence-electron chi connectivity index (χ0n) is 14.9. The molecule has 0 saturated heterocycles. The molecule has 0 spiro atoms. The fraction of sp³-hybridized carbons (Fsp3) is 0.111. The first-order valence-corrected chi connectivity index (χ1v) is 9.29. The van der Waals surface area contributed by atoms with Crippen LogP contribution in [0.25, 0.3) is 32.6 Å². The Hall–Kier alpha value is -3.66. The summed E-state index contributed by atoms with van der Waals surface area (Å²) in [5.41, 5.74) is 9.55. The third-order valence-corrected chi connectivity index (χ3v) is 4.91. The van der Waals surface area contributed by atoms with Crippen LogP contribution in [0.4, 0.5) is 15.9 Å². The quantitative estimate of drug-likeness (QED) is 0.486. The van der Waals surface area contributed by atoms with Crippen LogP contribution in [0.3, 0.4) is 0 Å². The number of fused-ring (bicyclic) bond motifs is 1. The molecule has 2 amide bonds. The second-order valence-electron chi connectivity index (χ2n) is 5.80. The number of carbonyl (C=O) groups is 1. The van der Waals surface area contributed by atoms with Gasteiger partial charge in [-0.2, -0.15) is 0 Å². The van der Waals surface area contributed by atoms with Crippen molar-refractivity contribution < 1.29 is 4.79 Å². The molecule has 0 aliphatic rings. The summed E-state index contributed by atoms with van der Waals surface area (Å²) in [5.74, 6) is 0.209. The Balaban J connectivity index is 1.86. The van der Waals surface area contributed by atoms with Crippen LogP contribution >= 0.6 is 11.3 Å². The number of nitrogens with two attached hydrogens (primary N) is 1. The maximum Gasteiger partial charge on any atom is 0.321 e. The molecule has 0 aliphatic carbocycles. The lowest BCUT2D eigenvalue weighted by molar-refractivity contribution is 0.252. The van der Waals surface area contributed by atoms with Crippen LogP contribution in [0.15, 0.2) is 43.1 Å². The number of nitrogen functional groups attached to an aromatic ring is 1. The van der Waals surface area contributed by atoms with Crippen LogP contribution in [-0.2, 0) is 0 Å². The van der Waals surface area contributed by atoms with Crippen LogP contribution in [0.5, 0.6) is 0 Å². The first-order chi connectivity index (χ1) is 13.6. The number of hydrogen-bond donors (Lipinski definition) is 3. The number of benzene rings is 1. The number of carbonyl (C=O) groups excluding carboxylic acids is 1. The molecule has 4 aromatic rings. The molecule has 10 heteroatoms. The van der Waals surface area contributed by atoms with Gasteiger partial charge in [-0.1, -0.05) is 11.3 Å². The first-order valence-electron chi connectivity index (χ1n) is 8.47. The van der Waals surface area contributed by atoms with E-state index in [0.29, 0.717) is 17.4 Å². The van der Waals surface area contributed by atoms with Crippen LogP contribution in [-0.4, -0.2) is 37.5 Å². The molecule has 3 aromatic heterocycles. The van der Waals surface area contributed by atoms with Crippen molar-refractivity contribution >= 4 is 38.7 Å². The summed E-state index contributed by atoms with van der Waals surface area (Å²) in [6.45, 7) is 2.38. The second-order valence-corrected chi connectivity index (χ2v) is 6.80. The maximum atomic E-state index is 11.9. The van der Waals surface area contributed by atoms with Gasteiger partial charge in [0.2, 0.25) is 5.95 Å². The van der Waals surface area contributed by atoms with Crippen molar-refractivity contribution in [2.24, 2.45) is 0 Å². The zero-order valence-corrected chi connectivity index (χ0v) is 15.7. The van der Waals surface area contributed by atoms with Gasteiger partial charge in [-0.15, -0.1) is 0 Å². The number of rotatable bonds is 4. The minimum atomic E-state index is -0.297. The molecule has 0 aliphatic heterocycles. The monoisotopic (exact) mass is 392 g/mol. The van der Waals surface area contributed by atoms with Gasteiger partial charge in [0.1, 0.15) is 0 Å². The van der Waals surface area contributed by atoms with Crippen molar-refractivity contribution in [3.63, 3.8) is 0 Å². The van der Waals surface area contributed by atoms with E-state index in [1.807, 2.05) is 19.1 Å². The highest BCUT2D eigenvalue weighted by Gasteiger charge is 2.15. The van der Waals surface area contributed by atoms with E-state index in [9.17, 15) is 4.79 Å². The Labute approximate surface area is 164 Å². The number of hydrogen-bond acceptors (Lipinski definition) is 8. The van der Waals surface area contributed by atoms with Crippen molar-refractivity contribution in [3.05, 3.63) is 43.1 Å². The molecule has 0 radical (unpaired) electrons. The summed E-state index contributed by atoms with van der Waals surface area (Å²) in [6, 6.07) is 3.61. The lowest BCUT2D eigenvalue weighted by Crippen LogP contribution is -2.28. The third kappa shape index (κ3) is 3.58. The number of aromatic nitrogens is 5.